The molecule has 0 heterocycles. The number of hydrogen-bond donors (Lipinski definition) is 2. The molecule has 3 heteroatoms. The highest BCUT2D eigenvalue weighted by Gasteiger charge is 2.03. The van der Waals surface area contributed by atoms with Crippen LogP contribution in [0.15, 0.2) is 36.4 Å². The smallest absolute Gasteiger partial charge is 0.0618 e. The highest BCUT2D eigenvalue weighted by molar-refractivity contribution is 6.30. The van der Waals surface area contributed by atoms with Crippen LogP contribution in [0.4, 0.5) is 17.1 Å². The molecule has 0 aliphatic carbocycles. The van der Waals surface area contributed by atoms with Crippen LogP contribution in [0.2, 0.25) is 5.02 Å². The van der Waals surface area contributed by atoms with Crippen LogP contribution in [0.25, 0.3) is 0 Å². The molecule has 0 bridgehead atoms. The van der Waals surface area contributed by atoms with Crippen molar-refractivity contribution in [3.63, 3.8) is 0 Å². The zero-order valence-electron chi connectivity index (χ0n) is 9.92. The molecule has 17 heavy (non-hydrogen) atoms. The molecule has 0 spiro atoms. The maximum atomic E-state index is 5.98. The lowest BCUT2D eigenvalue weighted by Gasteiger charge is -2.12. The zero-order valence-corrected chi connectivity index (χ0v) is 10.7. The van der Waals surface area contributed by atoms with Crippen molar-refractivity contribution in [1.82, 2.24) is 0 Å². The van der Waals surface area contributed by atoms with Gasteiger partial charge in [0.15, 0.2) is 0 Å². The Balaban J connectivity index is 2.34. The summed E-state index contributed by atoms with van der Waals surface area (Å²) < 4.78 is 0. The molecule has 88 valence electrons. The van der Waals surface area contributed by atoms with E-state index in [-0.39, 0.29) is 0 Å². The fourth-order valence-corrected chi connectivity index (χ4v) is 1.84. The van der Waals surface area contributed by atoms with Crippen molar-refractivity contribution in [3.05, 3.63) is 52.5 Å². The summed E-state index contributed by atoms with van der Waals surface area (Å²) in [7, 11) is 0. The standard InChI is InChI=1S/C14H15ClN2/c1-9-3-6-13(12(16)7-9)17-14-8-11(15)5-4-10(14)2/h3-8,17H,16H2,1-2H3. The molecule has 0 radical (unpaired) electrons. The molecule has 0 aromatic heterocycles. The number of rotatable bonds is 2. The molecule has 2 aromatic carbocycles. The first-order valence-electron chi connectivity index (χ1n) is 5.45. The molecule has 2 aromatic rings. The first-order valence-corrected chi connectivity index (χ1v) is 5.83. The summed E-state index contributed by atoms with van der Waals surface area (Å²) in [5.41, 5.74) is 10.9. The molecule has 0 unspecified atom stereocenters. The molecular formula is C14H15ClN2. The normalized spacial score (nSPS) is 10.3. The highest BCUT2D eigenvalue weighted by atomic mass is 35.5. The molecule has 0 aliphatic heterocycles. The van der Waals surface area contributed by atoms with E-state index in [1.54, 1.807) is 0 Å². The van der Waals surface area contributed by atoms with E-state index in [1.807, 2.05) is 50.2 Å². The van der Waals surface area contributed by atoms with Crippen LogP contribution in [-0.4, -0.2) is 0 Å². The van der Waals surface area contributed by atoms with Crippen LogP contribution >= 0.6 is 11.6 Å². The average Bonchev–Trinajstić information content (AvgIpc) is 2.27. The van der Waals surface area contributed by atoms with E-state index < -0.39 is 0 Å². The predicted molar refractivity (Wildman–Crippen MR) is 75.1 cm³/mol. The van der Waals surface area contributed by atoms with Gasteiger partial charge in [0, 0.05) is 10.7 Å². The lowest BCUT2D eigenvalue weighted by atomic mass is 10.1. The fraction of sp³-hybridized carbons (Fsp3) is 0.143. The van der Waals surface area contributed by atoms with Gasteiger partial charge in [0.25, 0.3) is 0 Å². The van der Waals surface area contributed by atoms with Crippen LogP contribution in [-0.2, 0) is 0 Å². The maximum Gasteiger partial charge on any atom is 0.0618 e. The van der Waals surface area contributed by atoms with E-state index in [1.165, 1.54) is 0 Å². The van der Waals surface area contributed by atoms with Gasteiger partial charge in [-0.25, -0.2) is 0 Å². The Morgan fingerprint density at radius 1 is 1.00 bits per heavy atom. The molecule has 0 fully saturated rings. The molecule has 0 saturated carbocycles. The largest absolute Gasteiger partial charge is 0.397 e. The van der Waals surface area contributed by atoms with Crippen LogP contribution in [0.1, 0.15) is 11.1 Å². The predicted octanol–water partition coefficient (Wildman–Crippen LogP) is 4.28. The Morgan fingerprint density at radius 2 is 1.76 bits per heavy atom. The summed E-state index contributed by atoms with van der Waals surface area (Å²) in [6, 6.07) is 11.7. The van der Waals surface area contributed by atoms with Gasteiger partial charge in [-0.2, -0.15) is 0 Å². The van der Waals surface area contributed by atoms with Gasteiger partial charge in [0.2, 0.25) is 0 Å². The van der Waals surface area contributed by atoms with Gasteiger partial charge < -0.3 is 11.1 Å². The first-order chi connectivity index (χ1) is 8.06. The van der Waals surface area contributed by atoms with Gasteiger partial charge in [0.05, 0.1) is 11.4 Å². The topological polar surface area (TPSA) is 38.0 Å². The number of nitrogens with two attached hydrogens (primary N) is 1. The molecule has 2 rings (SSSR count). The van der Waals surface area contributed by atoms with E-state index in [2.05, 4.69) is 5.32 Å². The van der Waals surface area contributed by atoms with Gasteiger partial charge >= 0.3 is 0 Å². The highest BCUT2D eigenvalue weighted by Crippen LogP contribution is 2.27. The minimum atomic E-state index is 0.712. The number of halogens is 1. The average molecular weight is 247 g/mol. The van der Waals surface area contributed by atoms with Crippen molar-refractivity contribution in [2.24, 2.45) is 0 Å². The Hall–Kier alpha value is -1.67. The van der Waals surface area contributed by atoms with Crippen molar-refractivity contribution < 1.29 is 0 Å². The number of benzene rings is 2. The molecule has 0 amide bonds. The van der Waals surface area contributed by atoms with Gasteiger partial charge in [-0.3, -0.25) is 0 Å². The third-order valence-electron chi connectivity index (χ3n) is 2.68. The molecule has 0 aliphatic rings. The minimum Gasteiger partial charge on any atom is -0.397 e. The van der Waals surface area contributed by atoms with Gasteiger partial charge in [0.1, 0.15) is 0 Å². The number of nitrogens with one attached hydrogen (secondary N) is 1. The molecule has 0 saturated heterocycles. The fourth-order valence-electron chi connectivity index (χ4n) is 1.67. The molecule has 0 atom stereocenters. The second-order valence-corrected chi connectivity index (χ2v) is 4.61. The van der Waals surface area contributed by atoms with E-state index in [0.717, 1.165) is 28.2 Å². The third kappa shape index (κ3) is 2.71. The van der Waals surface area contributed by atoms with Crippen LogP contribution in [0, 0.1) is 13.8 Å². The summed E-state index contributed by atoms with van der Waals surface area (Å²) in [5, 5.41) is 4.01. The van der Waals surface area contributed by atoms with Crippen LogP contribution in [0.3, 0.4) is 0 Å². The number of hydrogen-bond acceptors (Lipinski definition) is 2. The Labute approximate surface area is 106 Å². The van der Waals surface area contributed by atoms with Crippen molar-refractivity contribution in [1.29, 1.82) is 0 Å². The first kappa shape index (κ1) is 11.8. The number of aryl methyl sites for hydroxylation is 2. The molecule has 2 nitrogen and oxygen atoms in total. The van der Waals surface area contributed by atoms with Gasteiger partial charge in [-0.15, -0.1) is 0 Å². The Morgan fingerprint density at radius 3 is 2.47 bits per heavy atom. The molecular weight excluding hydrogens is 232 g/mol. The van der Waals surface area contributed by atoms with Crippen LogP contribution in [0.5, 0.6) is 0 Å². The molecule has 3 N–H and O–H groups in total. The number of nitrogen functional groups attached to an aromatic ring is 1. The van der Waals surface area contributed by atoms with Gasteiger partial charge in [-0.1, -0.05) is 23.7 Å². The van der Waals surface area contributed by atoms with Crippen molar-refractivity contribution >= 4 is 28.7 Å². The van der Waals surface area contributed by atoms with E-state index in [9.17, 15) is 0 Å². The summed E-state index contributed by atoms with van der Waals surface area (Å²) in [4.78, 5) is 0. The van der Waals surface area contributed by atoms with Crippen molar-refractivity contribution in [3.8, 4) is 0 Å². The van der Waals surface area contributed by atoms with E-state index in [4.69, 9.17) is 17.3 Å². The second kappa shape index (κ2) is 4.68. The van der Waals surface area contributed by atoms with E-state index in [0.29, 0.717) is 5.02 Å². The summed E-state index contributed by atoms with van der Waals surface area (Å²) in [6.45, 7) is 4.05. The Kier molecular flexibility index (Phi) is 3.25. The van der Waals surface area contributed by atoms with E-state index >= 15 is 0 Å². The van der Waals surface area contributed by atoms with Crippen molar-refractivity contribution in [2.75, 3.05) is 11.1 Å². The van der Waals surface area contributed by atoms with Gasteiger partial charge in [-0.05, 0) is 49.2 Å². The lowest BCUT2D eigenvalue weighted by Crippen LogP contribution is -1.98. The summed E-state index contributed by atoms with van der Waals surface area (Å²) >= 11 is 5.98. The Bertz CT molecular complexity index is 550. The van der Waals surface area contributed by atoms with Crippen LogP contribution < -0.4 is 11.1 Å². The second-order valence-electron chi connectivity index (χ2n) is 4.17. The zero-order chi connectivity index (χ0) is 12.4. The SMILES string of the molecule is Cc1ccc(Nc2cc(Cl)ccc2C)c(N)c1. The lowest BCUT2D eigenvalue weighted by molar-refractivity contribution is 1.41. The quantitative estimate of drug-likeness (QED) is 0.776. The summed E-state index contributed by atoms with van der Waals surface area (Å²) in [5.74, 6) is 0. The van der Waals surface area contributed by atoms with Crippen molar-refractivity contribution in [2.45, 2.75) is 13.8 Å². The minimum absolute atomic E-state index is 0.712. The number of anilines is 3. The monoisotopic (exact) mass is 246 g/mol. The third-order valence-corrected chi connectivity index (χ3v) is 2.91. The summed E-state index contributed by atoms with van der Waals surface area (Å²) in [6.07, 6.45) is 0. The maximum absolute atomic E-state index is 5.98.